The second kappa shape index (κ2) is 5.72. The Balaban J connectivity index is 1.92. The van der Waals surface area contributed by atoms with Crippen LogP contribution in [0.25, 0.3) is 0 Å². The molecule has 0 aromatic heterocycles. The van der Waals surface area contributed by atoms with Crippen LogP contribution in [-0.4, -0.2) is 13.1 Å². The van der Waals surface area contributed by atoms with Crippen molar-refractivity contribution in [3.63, 3.8) is 0 Å². The molecule has 1 spiro atoms. The summed E-state index contributed by atoms with van der Waals surface area (Å²) in [5, 5.41) is 3.51. The molecule has 116 valence electrons. The zero-order valence-corrected chi connectivity index (χ0v) is 13.4. The standard InChI is InChI=1S/C19H28FN/c1-18(2)8-5-9-19(11-10-18)12-13-21-14-16(19)15-6-3-4-7-17(15)20/h3-4,6-7,16,21H,5,8-14H2,1-2H3. The first-order valence-electron chi connectivity index (χ1n) is 8.48. The summed E-state index contributed by atoms with van der Waals surface area (Å²) in [6.07, 6.45) is 7.59. The predicted molar refractivity (Wildman–Crippen MR) is 85.9 cm³/mol. The van der Waals surface area contributed by atoms with Crippen LogP contribution in [0.4, 0.5) is 4.39 Å². The van der Waals surface area contributed by atoms with E-state index in [0.717, 1.165) is 18.7 Å². The molecule has 1 saturated heterocycles. The van der Waals surface area contributed by atoms with Crippen molar-refractivity contribution in [1.29, 1.82) is 0 Å². The smallest absolute Gasteiger partial charge is 0.126 e. The molecule has 0 bridgehead atoms. The van der Waals surface area contributed by atoms with Crippen molar-refractivity contribution >= 4 is 0 Å². The Morgan fingerprint density at radius 1 is 1.05 bits per heavy atom. The molecular formula is C19H28FN. The van der Waals surface area contributed by atoms with Gasteiger partial charge in [-0.3, -0.25) is 0 Å². The number of hydrogen-bond donors (Lipinski definition) is 1. The van der Waals surface area contributed by atoms with Crippen LogP contribution in [0.1, 0.15) is 63.9 Å². The molecule has 1 heterocycles. The Labute approximate surface area is 128 Å². The number of halogens is 1. The fourth-order valence-electron chi connectivity index (χ4n) is 4.53. The van der Waals surface area contributed by atoms with Crippen LogP contribution in [-0.2, 0) is 0 Å². The van der Waals surface area contributed by atoms with Gasteiger partial charge in [0, 0.05) is 12.5 Å². The van der Waals surface area contributed by atoms with Crippen molar-refractivity contribution in [2.45, 2.75) is 58.3 Å². The van der Waals surface area contributed by atoms with E-state index in [0.29, 0.717) is 16.7 Å². The van der Waals surface area contributed by atoms with Crippen molar-refractivity contribution in [2.24, 2.45) is 10.8 Å². The summed E-state index contributed by atoms with van der Waals surface area (Å²) in [5.74, 6) is 0.315. The second-order valence-corrected chi connectivity index (χ2v) is 7.91. The van der Waals surface area contributed by atoms with Crippen molar-refractivity contribution in [3.05, 3.63) is 35.6 Å². The molecule has 0 radical (unpaired) electrons. The van der Waals surface area contributed by atoms with E-state index in [1.165, 1.54) is 38.5 Å². The molecule has 1 N–H and O–H groups in total. The highest BCUT2D eigenvalue weighted by Crippen LogP contribution is 2.53. The Kier molecular flexibility index (Phi) is 4.09. The molecular weight excluding hydrogens is 261 g/mol. The van der Waals surface area contributed by atoms with Gasteiger partial charge in [-0.1, -0.05) is 38.5 Å². The molecule has 1 aromatic rings. The van der Waals surface area contributed by atoms with Gasteiger partial charge in [-0.2, -0.15) is 0 Å². The number of benzene rings is 1. The Morgan fingerprint density at radius 2 is 1.86 bits per heavy atom. The third kappa shape index (κ3) is 3.01. The molecule has 2 unspecified atom stereocenters. The van der Waals surface area contributed by atoms with Gasteiger partial charge in [0.2, 0.25) is 0 Å². The molecule has 0 amide bonds. The highest BCUT2D eigenvalue weighted by Gasteiger charge is 2.44. The highest BCUT2D eigenvalue weighted by molar-refractivity contribution is 5.26. The minimum Gasteiger partial charge on any atom is -0.316 e. The average molecular weight is 289 g/mol. The molecule has 2 heteroatoms. The Bertz CT molecular complexity index is 496. The minimum absolute atomic E-state index is 0.0194. The van der Waals surface area contributed by atoms with Gasteiger partial charge in [0.25, 0.3) is 0 Å². The summed E-state index contributed by atoms with van der Waals surface area (Å²) in [4.78, 5) is 0. The fourth-order valence-corrected chi connectivity index (χ4v) is 4.53. The number of nitrogens with one attached hydrogen (secondary N) is 1. The van der Waals surface area contributed by atoms with E-state index in [1.54, 1.807) is 12.1 Å². The maximum absolute atomic E-state index is 14.3. The quantitative estimate of drug-likeness (QED) is 0.777. The molecule has 1 saturated carbocycles. The van der Waals surface area contributed by atoms with Crippen molar-refractivity contribution in [1.82, 2.24) is 5.32 Å². The van der Waals surface area contributed by atoms with Gasteiger partial charge in [-0.05, 0) is 61.1 Å². The maximum Gasteiger partial charge on any atom is 0.126 e. The first-order valence-corrected chi connectivity index (χ1v) is 8.48. The van der Waals surface area contributed by atoms with Crippen molar-refractivity contribution in [3.8, 4) is 0 Å². The van der Waals surface area contributed by atoms with Gasteiger partial charge in [-0.15, -0.1) is 0 Å². The van der Waals surface area contributed by atoms with Crippen LogP contribution >= 0.6 is 0 Å². The normalized spacial score (nSPS) is 32.8. The molecule has 1 nitrogen and oxygen atoms in total. The maximum atomic E-state index is 14.3. The van der Waals surface area contributed by atoms with E-state index < -0.39 is 0 Å². The topological polar surface area (TPSA) is 12.0 Å². The lowest BCUT2D eigenvalue weighted by Gasteiger charge is -2.45. The monoisotopic (exact) mass is 289 g/mol. The third-order valence-corrected chi connectivity index (χ3v) is 6.00. The lowest BCUT2D eigenvalue weighted by atomic mass is 9.63. The SMILES string of the molecule is CC1(C)CCCC2(CCNCC2c2ccccc2F)CC1. The summed E-state index contributed by atoms with van der Waals surface area (Å²) in [6, 6.07) is 7.42. The van der Waals surface area contributed by atoms with Gasteiger partial charge in [-0.25, -0.2) is 4.39 Å². The highest BCUT2D eigenvalue weighted by atomic mass is 19.1. The fraction of sp³-hybridized carbons (Fsp3) is 0.684. The van der Waals surface area contributed by atoms with Crippen LogP contribution in [0.5, 0.6) is 0 Å². The van der Waals surface area contributed by atoms with E-state index in [2.05, 4.69) is 19.2 Å². The minimum atomic E-state index is -0.0194. The molecule has 2 fully saturated rings. The predicted octanol–water partition coefficient (Wildman–Crippen LogP) is 4.88. The molecule has 2 aliphatic rings. The van der Waals surface area contributed by atoms with Crippen LogP contribution in [0.3, 0.4) is 0 Å². The largest absolute Gasteiger partial charge is 0.316 e. The van der Waals surface area contributed by atoms with Crippen LogP contribution < -0.4 is 5.32 Å². The average Bonchev–Trinajstić information content (AvgIpc) is 2.60. The van der Waals surface area contributed by atoms with Crippen molar-refractivity contribution < 1.29 is 4.39 Å². The lowest BCUT2D eigenvalue weighted by molar-refractivity contribution is 0.128. The number of piperidine rings is 1. The first kappa shape index (κ1) is 15.0. The summed E-state index contributed by atoms with van der Waals surface area (Å²) in [5.41, 5.74) is 1.69. The van der Waals surface area contributed by atoms with E-state index in [-0.39, 0.29) is 5.82 Å². The Hall–Kier alpha value is -0.890. The molecule has 1 aliphatic carbocycles. The van der Waals surface area contributed by atoms with E-state index >= 15 is 0 Å². The van der Waals surface area contributed by atoms with Crippen molar-refractivity contribution in [2.75, 3.05) is 13.1 Å². The summed E-state index contributed by atoms with van der Waals surface area (Å²) >= 11 is 0. The molecule has 21 heavy (non-hydrogen) atoms. The lowest BCUT2D eigenvalue weighted by Crippen LogP contribution is -2.44. The van der Waals surface area contributed by atoms with Gasteiger partial charge in [0.05, 0.1) is 0 Å². The number of rotatable bonds is 1. The zero-order chi connectivity index (χ0) is 14.9. The van der Waals surface area contributed by atoms with Gasteiger partial charge in [0.1, 0.15) is 5.82 Å². The van der Waals surface area contributed by atoms with Gasteiger partial charge in [0.15, 0.2) is 0 Å². The summed E-state index contributed by atoms with van der Waals surface area (Å²) in [7, 11) is 0. The van der Waals surface area contributed by atoms with E-state index in [4.69, 9.17) is 0 Å². The van der Waals surface area contributed by atoms with E-state index in [9.17, 15) is 4.39 Å². The van der Waals surface area contributed by atoms with Crippen LogP contribution in [0.15, 0.2) is 24.3 Å². The van der Waals surface area contributed by atoms with Gasteiger partial charge < -0.3 is 5.32 Å². The third-order valence-electron chi connectivity index (χ3n) is 6.00. The summed E-state index contributed by atoms with van der Waals surface area (Å²) in [6.45, 7) is 6.81. The number of hydrogen-bond acceptors (Lipinski definition) is 1. The molecule has 1 aromatic carbocycles. The Morgan fingerprint density at radius 3 is 2.67 bits per heavy atom. The molecule has 2 atom stereocenters. The summed E-state index contributed by atoms with van der Waals surface area (Å²) < 4.78 is 14.3. The van der Waals surface area contributed by atoms with E-state index in [1.807, 2.05) is 12.1 Å². The first-order chi connectivity index (χ1) is 10.0. The molecule has 3 rings (SSSR count). The molecule has 1 aliphatic heterocycles. The second-order valence-electron chi connectivity index (χ2n) is 7.91. The van der Waals surface area contributed by atoms with Gasteiger partial charge >= 0.3 is 0 Å². The van der Waals surface area contributed by atoms with Crippen LogP contribution in [0, 0.1) is 16.6 Å². The van der Waals surface area contributed by atoms with Crippen LogP contribution in [0.2, 0.25) is 0 Å². The zero-order valence-electron chi connectivity index (χ0n) is 13.4.